The van der Waals surface area contributed by atoms with E-state index in [-0.39, 0.29) is 0 Å². The van der Waals surface area contributed by atoms with Crippen LogP contribution in [0.5, 0.6) is 6.01 Å². The Kier molecular flexibility index (Phi) is 6.35. The second-order valence-corrected chi connectivity index (χ2v) is 6.29. The normalized spacial score (nSPS) is 21.3. The zero-order valence-electron chi connectivity index (χ0n) is 13.1. The Morgan fingerprint density at radius 3 is 2.67 bits per heavy atom. The monoisotopic (exact) mass is 311 g/mol. The van der Waals surface area contributed by atoms with Crippen molar-refractivity contribution in [1.29, 1.82) is 0 Å². The molecule has 1 aliphatic carbocycles. The van der Waals surface area contributed by atoms with Crippen LogP contribution < -0.4 is 15.4 Å². The van der Waals surface area contributed by atoms with Gasteiger partial charge in [0.05, 0.1) is 6.61 Å². The maximum atomic E-state index is 5.54. The van der Waals surface area contributed by atoms with Crippen LogP contribution in [0.2, 0.25) is 0 Å². The maximum absolute atomic E-state index is 5.54. The Balaban J connectivity index is 2.04. The minimum absolute atomic E-state index is 0.393. The smallest absolute Gasteiger partial charge is 0.323 e. The van der Waals surface area contributed by atoms with Crippen molar-refractivity contribution in [2.24, 2.45) is 0 Å². The van der Waals surface area contributed by atoms with E-state index in [1.807, 2.05) is 18.7 Å². The molecule has 7 heteroatoms. The van der Waals surface area contributed by atoms with Crippen LogP contribution in [0.1, 0.15) is 39.5 Å². The van der Waals surface area contributed by atoms with Gasteiger partial charge >= 0.3 is 6.01 Å². The Bertz CT molecular complexity index is 445. The van der Waals surface area contributed by atoms with Gasteiger partial charge in [-0.1, -0.05) is 6.92 Å². The molecule has 21 heavy (non-hydrogen) atoms. The summed E-state index contributed by atoms with van der Waals surface area (Å²) < 4.78 is 5.54. The first kappa shape index (κ1) is 16.1. The Hall–Kier alpha value is -1.24. The average molecular weight is 311 g/mol. The molecule has 2 unspecified atom stereocenters. The number of nitrogens with zero attached hydrogens (tertiary/aromatic N) is 3. The van der Waals surface area contributed by atoms with E-state index in [9.17, 15) is 0 Å². The Morgan fingerprint density at radius 2 is 2.00 bits per heavy atom. The fraction of sp³-hybridized carbons (Fsp3) is 0.786. The lowest BCUT2D eigenvalue weighted by atomic mass is 10.2. The standard InChI is InChI=1S/C14H25N5OS/c1-4-8-20-14-18-12(15-5-2)17-13(19-14)16-10-6-7-11(9-10)21-3/h10-11H,4-9H2,1-3H3,(H2,15,16,17,18,19). The van der Waals surface area contributed by atoms with Gasteiger partial charge in [-0.3, -0.25) is 0 Å². The van der Waals surface area contributed by atoms with Crippen molar-refractivity contribution in [3.05, 3.63) is 0 Å². The molecule has 1 aromatic rings. The van der Waals surface area contributed by atoms with E-state index in [0.717, 1.165) is 24.6 Å². The fourth-order valence-electron chi connectivity index (χ4n) is 2.38. The number of thioether (sulfide) groups is 1. The lowest BCUT2D eigenvalue weighted by Crippen LogP contribution is -2.19. The van der Waals surface area contributed by atoms with Gasteiger partial charge in [-0.2, -0.15) is 26.7 Å². The number of hydrogen-bond donors (Lipinski definition) is 2. The summed E-state index contributed by atoms with van der Waals surface area (Å²) in [6.45, 7) is 5.47. The van der Waals surface area contributed by atoms with E-state index < -0.39 is 0 Å². The molecule has 2 N–H and O–H groups in total. The quantitative estimate of drug-likeness (QED) is 0.765. The molecule has 0 aromatic carbocycles. The number of anilines is 2. The minimum Gasteiger partial charge on any atom is -0.463 e. The summed E-state index contributed by atoms with van der Waals surface area (Å²) >= 11 is 1.94. The lowest BCUT2D eigenvalue weighted by Gasteiger charge is -2.14. The Morgan fingerprint density at radius 1 is 1.19 bits per heavy atom. The van der Waals surface area contributed by atoms with Crippen LogP contribution in [0.15, 0.2) is 0 Å². The van der Waals surface area contributed by atoms with E-state index >= 15 is 0 Å². The zero-order chi connectivity index (χ0) is 15.1. The van der Waals surface area contributed by atoms with Crippen LogP contribution in [0, 0.1) is 0 Å². The highest BCUT2D eigenvalue weighted by Crippen LogP contribution is 2.29. The van der Waals surface area contributed by atoms with Gasteiger partial charge in [0.25, 0.3) is 0 Å². The highest BCUT2D eigenvalue weighted by Gasteiger charge is 2.24. The van der Waals surface area contributed by atoms with Crippen LogP contribution in [-0.2, 0) is 0 Å². The van der Waals surface area contributed by atoms with Gasteiger partial charge < -0.3 is 15.4 Å². The molecule has 2 rings (SSSR count). The molecule has 0 amide bonds. The highest BCUT2D eigenvalue weighted by atomic mass is 32.2. The largest absolute Gasteiger partial charge is 0.463 e. The van der Waals surface area contributed by atoms with Gasteiger partial charge in [0.1, 0.15) is 0 Å². The molecule has 6 nitrogen and oxygen atoms in total. The number of aromatic nitrogens is 3. The minimum atomic E-state index is 0.393. The lowest BCUT2D eigenvalue weighted by molar-refractivity contribution is 0.292. The maximum Gasteiger partial charge on any atom is 0.323 e. The van der Waals surface area contributed by atoms with Crippen LogP contribution >= 0.6 is 11.8 Å². The molecule has 118 valence electrons. The summed E-state index contributed by atoms with van der Waals surface area (Å²) in [5.41, 5.74) is 0. The van der Waals surface area contributed by atoms with Crippen molar-refractivity contribution in [3.63, 3.8) is 0 Å². The second kappa shape index (κ2) is 8.26. The predicted octanol–water partition coefficient (Wildman–Crippen LogP) is 2.79. The number of rotatable bonds is 8. The van der Waals surface area contributed by atoms with Crippen molar-refractivity contribution < 1.29 is 4.74 Å². The van der Waals surface area contributed by atoms with Gasteiger partial charge in [-0.05, 0) is 38.9 Å². The predicted molar refractivity (Wildman–Crippen MR) is 88.3 cm³/mol. The third-order valence-corrected chi connectivity index (χ3v) is 4.53. The first-order valence-electron chi connectivity index (χ1n) is 7.67. The third kappa shape index (κ3) is 4.91. The molecule has 0 bridgehead atoms. The van der Waals surface area contributed by atoms with E-state index in [0.29, 0.717) is 30.6 Å². The van der Waals surface area contributed by atoms with Crippen molar-refractivity contribution in [3.8, 4) is 6.01 Å². The van der Waals surface area contributed by atoms with Crippen molar-refractivity contribution in [2.45, 2.75) is 50.8 Å². The van der Waals surface area contributed by atoms with E-state index in [1.165, 1.54) is 12.8 Å². The number of nitrogens with one attached hydrogen (secondary N) is 2. The molecule has 1 heterocycles. The van der Waals surface area contributed by atoms with E-state index in [4.69, 9.17) is 4.74 Å². The van der Waals surface area contributed by atoms with Gasteiger partial charge in [0, 0.05) is 17.8 Å². The fourth-order valence-corrected chi connectivity index (χ4v) is 3.18. The summed E-state index contributed by atoms with van der Waals surface area (Å²) in [5, 5.41) is 7.29. The van der Waals surface area contributed by atoms with Crippen LogP contribution in [-0.4, -0.2) is 45.7 Å². The van der Waals surface area contributed by atoms with Gasteiger partial charge in [-0.25, -0.2) is 0 Å². The topological polar surface area (TPSA) is 72.0 Å². The summed E-state index contributed by atoms with van der Waals surface area (Å²) in [6.07, 6.45) is 6.69. The van der Waals surface area contributed by atoms with Crippen molar-refractivity contribution >= 4 is 23.7 Å². The first-order valence-corrected chi connectivity index (χ1v) is 8.96. The van der Waals surface area contributed by atoms with Crippen LogP contribution in [0.3, 0.4) is 0 Å². The molecular formula is C14H25N5OS. The van der Waals surface area contributed by atoms with Crippen LogP contribution in [0.4, 0.5) is 11.9 Å². The highest BCUT2D eigenvalue weighted by molar-refractivity contribution is 7.99. The Labute approximate surface area is 130 Å². The summed E-state index contributed by atoms with van der Waals surface area (Å²) in [6, 6.07) is 0.836. The molecule has 1 fully saturated rings. The third-order valence-electron chi connectivity index (χ3n) is 3.44. The van der Waals surface area contributed by atoms with Gasteiger partial charge in [-0.15, -0.1) is 0 Å². The second-order valence-electron chi connectivity index (χ2n) is 5.16. The summed E-state index contributed by atoms with van der Waals surface area (Å²) in [5.74, 6) is 1.18. The number of ether oxygens (including phenoxy) is 1. The average Bonchev–Trinajstić information content (AvgIpc) is 2.93. The van der Waals surface area contributed by atoms with Gasteiger partial charge in [0.15, 0.2) is 0 Å². The summed E-state index contributed by atoms with van der Waals surface area (Å²) in [4.78, 5) is 13.0. The molecule has 0 aliphatic heterocycles. The SMILES string of the molecule is CCCOc1nc(NCC)nc(NC2CCC(SC)C2)n1. The van der Waals surface area contributed by atoms with E-state index in [2.05, 4.69) is 38.8 Å². The molecule has 1 aromatic heterocycles. The van der Waals surface area contributed by atoms with Crippen molar-refractivity contribution in [2.75, 3.05) is 30.0 Å². The first-order chi connectivity index (χ1) is 10.2. The molecule has 1 aliphatic rings. The molecule has 1 saturated carbocycles. The molecule has 0 radical (unpaired) electrons. The number of hydrogen-bond acceptors (Lipinski definition) is 7. The molecule has 0 saturated heterocycles. The van der Waals surface area contributed by atoms with Gasteiger partial charge in [0.2, 0.25) is 11.9 Å². The van der Waals surface area contributed by atoms with Crippen molar-refractivity contribution in [1.82, 2.24) is 15.0 Å². The summed E-state index contributed by atoms with van der Waals surface area (Å²) in [7, 11) is 0. The zero-order valence-corrected chi connectivity index (χ0v) is 13.9. The molecule has 2 atom stereocenters. The van der Waals surface area contributed by atoms with Crippen LogP contribution in [0.25, 0.3) is 0 Å². The van der Waals surface area contributed by atoms with E-state index in [1.54, 1.807) is 0 Å². The molecular weight excluding hydrogens is 286 g/mol. The molecule has 0 spiro atoms.